The number of benzene rings is 1. The number of hydrogen-bond donors (Lipinski definition) is 0. The summed E-state index contributed by atoms with van der Waals surface area (Å²) < 4.78 is 39.4. The van der Waals surface area contributed by atoms with Crippen LogP contribution in [0.1, 0.15) is 23.2 Å². The third-order valence-electron chi connectivity index (χ3n) is 3.08. The second-order valence-electron chi connectivity index (χ2n) is 4.17. The van der Waals surface area contributed by atoms with Crippen molar-refractivity contribution in [3.63, 3.8) is 0 Å². The number of carbonyl (C=O) groups is 1. The average molecular weight is 322 g/mol. The van der Waals surface area contributed by atoms with Crippen molar-refractivity contribution in [2.75, 3.05) is 11.9 Å². The SMILES string of the molecule is O=C(c1ccc(F)c(F)c1F)N1CCCC1CBr. The number of likely N-dealkylation sites (tertiary alicyclic amines) is 1. The summed E-state index contributed by atoms with van der Waals surface area (Å²) in [5.74, 6) is -4.90. The van der Waals surface area contributed by atoms with Gasteiger partial charge >= 0.3 is 0 Å². The molecule has 0 aromatic heterocycles. The highest BCUT2D eigenvalue weighted by molar-refractivity contribution is 9.09. The quantitative estimate of drug-likeness (QED) is 0.605. The van der Waals surface area contributed by atoms with Crippen LogP contribution in [0.25, 0.3) is 0 Å². The first-order valence-electron chi connectivity index (χ1n) is 5.56. The molecule has 1 saturated heterocycles. The summed E-state index contributed by atoms with van der Waals surface area (Å²) in [6, 6.07) is 1.73. The zero-order chi connectivity index (χ0) is 13.3. The molecule has 0 N–H and O–H groups in total. The number of carbonyl (C=O) groups excluding carboxylic acids is 1. The molecule has 1 aromatic rings. The van der Waals surface area contributed by atoms with Gasteiger partial charge in [-0.05, 0) is 25.0 Å². The lowest BCUT2D eigenvalue weighted by atomic mass is 10.1. The van der Waals surface area contributed by atoms with Crippen molar-refractivity contribution in [1.82, 2.24) is 4.90 Å². The molecule has 0 aliphatic carbocycles. The molecular weight excluding hydrogens is 311 g/mol. The van der Waals surface area contributed by atoms with Crippen molar-refractivity contribution in [3.8, 4) is 0 Å². The van der Waals surface area contributed by atoms with Gasteiger partial charge in [-0.3, -0.25) is 4.79 Å². The fourth-order valence-electron chi connectivity index (χ4n) is 2.11. The van der Waals surface area contributed by atoms with Crippen molar-refractivity contribution in [2.24, 2.45) is 0 Å². The highest BCUT2D eigenvalue weighted by atomic mass is 79.9. The summed E-state index contributed by atoms with van der Waals surface area (Å²) >= 11 is 3.28. The predicted octanol–water partition coefficient (Wildman–Crippen LogP) is 3.10. The van der Waals surface area contributed by atoms with Crippen LogP contribution in [0.15, 0.2) is 12.1 Å². The van der Waals surface area contributed by atoms with Crippen LogP contribution in [-0.4, -0.2) is 28.7 Å². The lowest BCUT2D eigenvalue weighted by Gasteiger charge is -2.23. The average Bonchev–Trinajstić information content (AvgIpc) is 2.83. The maximum Gasteiger partial charge on any atom is 0.257 e. The zero-order valence-corrected chi connectivity index (χ0v) is 11.0. The molecule has 0 radical (unpaired) electrons. The van der Waals surface area contributed by atoms with Gasteiger partial charge in [-0.2, -0.15) is 0 Å². The fraction of sp³-hybridized carbons (Fsp3) is 0.417. The molecule has 6 heteroatoms. The van der Waals surface area contributed by atoms with Gasteiger partial charge in [0.05, 0.1) is 5.56 Å². The topological polar surface area (TPSA) is 20.3 Å². The predicted molar refractivity (Wildman–Crippen MR) is 64.2 cm³/mol. The van der Waals surface area contributed by atoms with E-state index in [-0.39, 0.29) is 6.04 Å². The summed E-state index contributed by atoms with van der Waals surface area (Å²) in [5, 5.41) is 0.587. The number of halogens is 4. The van der Waals surface area contributed by atoms with E-state index < -0.39 is 28.9 Å². The molecule has 1 amide bonds. The van der Waals surface area contributed by atoms with E-state index in [4.69, 9.17) is 0 Å². The summed E-state index contributed by atoms with van der Waals surface area (Å²) in [7, 11) is 0. The number of hydrogen-bond acceptors (Lipinski definition) is 1. The summed E-state index contributed by atoms with van der Waals surface area (Å²) in [4.78, 5) is 13.6. The van der Waals surface area contributed by atoms with Crippen LogP contribution in [-0.2, 0) is 0 Å². The van der Waals surface area contributed by atoms with E-state index >= 15 is 0 Å². The lowest BCUT2D eigenvalue weighted by Crippen LogP contribution is -2.37. The van der Waals surface area contributed by atoms with Crippen molar-refractivity contribution in [2.45, 2.75) is 18.9 Å². The van der Waals surface area contributed by atoms with Gasteiger partial charge in [0.2, 0.25) is 0 Å². The van der Waals surface area contributed by atoms with Crippen LogP contribution < -0.4 is 0 Å². The second-order valence-corrected chi connectivity index (χ2v) is 4.82. The van der Waals surface area contributed by atoms with Crippen LogP contribution in [0.5, 0.6) is 0 Å². The van der Waals surface area contributed by atoms with Gasteiger partial charge in [0, 0.05) is 17.9 Å². The summed E-state index contributed by atoms with van der Waals surface area (Å²) in [5.41, 5.74) is -0.415. The van der Waals surface area contributed by atoms with E-state index in [1.807, 2.05) is 0 Å². The van der Waals surface area contributed by atoms with Crippen molar-refractivity contribution >= 4 is 21.8 Å². The summed E-state index contributed by atoms with van der Waals surface area (Å²) in [6.07, 6.45) is 1.65. The van der Waals surface area contributed by atoms with Crippen LogP contribution in [0.2, 0.25) is 0 Å². The third-order valence-corrected chi connectivity index (χ3v) is 3.83. The Morgan fingerprint density at radius 2 is 2.06 bits per heavy atom. The Bertz CT molecular complexity index is 481. The standard InChI is InChI=1S/C12H11BrF3NO/c13-6-7-2-1-5-17(7)12(18)8-3-4-9(14)11(16)10(8)15/h3-4,7H,1-2,5-6H2. The molecule has 2 nitrogen and oxygen atoms in total. The number of amides is 1. The first-order chi connectivity index (χ1) is 8.56. The van der Waals surface area contributed by atoms with Gasteiger partial charge in [0.15, 0.2) is 17.5 Å². The van der Waals surface area contributed by atoms with Crippen molar-refractivity contribution in [3.05, 3.63) is 35.1 Å². The van der Waals surface area contributed by atoms with Crippen LogP contribution in [0.3, 0.4) is 0 Å². The van der Waals surface area contributed by atoms with Gasteiger partial charge in [0.25, 0.3) is 5.91 Å². The minimum absolute atomic E-state index is 0.0231. The monoisotopic (exact) mass is 321 g/mol. The molecule has 1 unspecified atom stereocenters. The zero-order valence-electron chi connectivity index (χ0n) is 9.43. The molecule has 1 aromatic carbocycles. The van der Waals surface area contributed by atoms with Crippen molar-refractivity contribution < 1.29 is 18.0 Å². The Labute approximate surface area is 111 Å². The molecule has 1 aliphatic rings. The van der Waals surface area contributed by atoms with Gasteiger partial charge in [-0.15, -0.1) is 0 Å². The first-order valence-corrected chi connectivity index (χ1v) is 6.69. The van der Waals surface area contributed by atoms with E-state index in [9.17, 15) is 18.0 Å². The molecule has 0 saturated carbocycles. The third kappa shape index (κ3) is 2.25. The molecule has 18 heavy (non-hydrogen) atoms. The smallest absolute Gasteiger partial charge is 0.257 e. The minimum Gasteiger partial charge on any atom is -0.335 e. The van der Waals surface area contributed by atoms with Crippen LogP contribution >= 0.6 is 15.9 Å². The van der Waals surface area contributed by atoms with Crippen LogP contribution in [0, 0.1) is 17.5 Å². The Hall–Kier alpha value is -1.04. The highest BCUT2D eigenvalue weighted by Gasteiger charge is 2.31. The van der Waals surface area contributed by atoms with Crippen LogP contribution in [0.4, 0.5) is 13.2 Å². The highest BCUT2D eigenvalue weighted by Crippen LogP contribution is 2.24. The molecular formula is C12H11BrF3NO. The lowest BCUT2D eigenvalue weighted by molar-refractivity contribution is 0.0744. The maximum atomic E-state index is 13.5. The van der Waals surface area contributed by atoms with E-state index in [0.29, 0.717) is 11.9 Å². The van der Waals surface area contributed by atoms with E-state index in [1.165, 1.54) is 4.90 Å². The van der Waals surface area contributed by atoms with E-state index in [1.54, 1.807) is 0 Å². The maximum absolute atomic E-state index is 13.5. The molecule has 0 spiro atoms. The fourth-order valence-corrected chi connectivity index (χ4v) is 2.78. The molecule has 0 bridgehead atoms. The Balaban J connectivity index is 2.32. The Morgan fingerprint density at radius 3 is 2.72 bits per heavy atom. The normalized spacial score (nSPS) is 19.3. The molecule has 1 atom stereocenters. The van der Waals surface area contributed by atoms with E-state index in [2.05, 4.69) is 15.9 Å². The molecule has 1 fully saturated rings. The van der Waals surface area contributed by atoms with Gasteiger partial charge in [-0.25, -0.2) is 13.2 Å². The number of rotatable bonds is 2. The van der Waals surface area contributed by atoms with Crippen molar-refractivity contribution in [1.29, 1.82) is 0 Å². The van der Waals surface area contributed by atoms with Gasteiger partial charge in [-0.1, -0.05) is 15.9 Å². The van der Waals surface area contributed by atoms with Gasteiger partial charge < -0.3 is 4.90 Å². The molecule has 1 heterocycles. The molecule has 98 valence electrons. The summed E-state index contributed by atoms with van der Waals surface area (Å²) in [6.45, 7) is 0.507. The number of nitrogens with zero attached hydrogens (tertiary/aromatic N) is 1. The second kappa shape index (κ2) is 5.30. The molecule has 1 aliphatic heterocycles. The minimum atomic E-state index is -1.60. The number of alkyl halides is 1. The van der Waals surface area contributed by atoms with Gasteiger partial charge in [0.1, 0.15) is 0 Å². The Morgan fingerprint density at radius 1 is 1.33 bits per heavy atom. The first kappa shape index (κ1) is 13.4. The molecule has 2 rings (SSSR count). The Kier molecular flexibility index (Phi) is 3.94. The van der Waals surface area contributed by atoms with E-state index in [0.717, 1.165) is 25.0 Å². The largest absolute Gasteiger partial charge is 0.335 e.